The van der Waals surface area contributed by atoms with Gasteiger partial charge < -0.3 is 9.32 Å². The highest BCUT2D eigenvalue weighted by atomic mass is 35.5. The lowest BCUT2D eigenvalue weighted by molar-refractivity contribution is 0.101. The first-order chi connectivity index (χ1) is 15.0. The van der Waals surface area contributed by atoms with Gasteiger partial charge in [-0.25, -0.2) is 9.18 Å². The quantitative estimate of drug-likeness (QED) is 0.478. The number of rotatable bonds is 6. The molecule has 0 N–H and O–H groups in total. The molecular formula is C24H28Cl2FN3O3. The molecule has 1 aliphatic heterocycles. The van der Waals surface area contributed by atoms with Gasteiger partial charge >= 0.3 is 5.76 Å². The molecule has 1 saturated heterocycles. The third kappa shape index (κ3) is 5.42. The van der Waals surface area contributed by atoms with Gasteiger partial charge in [-0.1, -0.05) is 0 Å². The van der Waals surface area contributed by atoms with Gasteiger partial charge in [-0.05, 0) is 67.6 Å². The van der Waals surface area contributed by atoms with E-state index in [1.165, 1.54) is 19.1 Å². The molecule has 6 nitrogen and oxygen atoms in total. The van der Waals surface area contributed by atoms with Crippen LogP contribution < -0.4 is 10.7 Å². The molecule has 2 aromatic carbocycles. The Morgan fingerprint density at radius 1 is 1.00 bits per heavy atom. The number of nitrogens with zero attached hydrogens (tertiary/aromatic N) is 3. The van der Waals surface area contributed by atoms with Crippen LogP contribution in [0.2, 0.25) is 0 Å². The Bertz CT molecular complexity index is 1170. The van der Waals surface area contributed by atoms with Crippen molar-refractivity contribution >= 4 is 47.4 Å². The van der Waals surface area contributed by atoms with E-state index in [1.54, 1.807) is 16.7 Å². The Labute approximate surface area is 204 Å². The Balaban J connectivity index is 0.00000153. The zero-order chi connectivity index (χ0) is 21.5. The molecule has 3 aromatic rings. The zero-order valence-corrected chi connectivity index (χ0v) is 20.0. The smallest absolute Gasteiger partial charge is 0.408 e. The lowest BCUT2D eigenvalue weighted by atomic mass is 10.1. The van der Waals surface area contributed by atoms with Gasteiger partial charge in [0, 0.05) is 50.5 Å². The van der Waals surface area contributed by atoms with E-state index in [-0.39, 0.29) is 42.2 Å². The summed E-state index contributed by atoms with van der Waals surface area (Å²) in [6.07, 6.45) is 1.11. The van der Waals surface area contributed by atoms with Gasteiger partial charge in [0.25, 0.3) is 0 Å². The molecule has 2 heterocycles. The van der Waals surface area contributed by atoms with Crippen molar-refractivity contribution in [1.82, 2.24) is 9.47 Å². The van der Waals surface area contributed by atoms with Crippen LogP contribution in [0.5, 0.6) is 0 Å². The number of hydrogen-bond acceptors (Lipinski definition) is 5. The highest BCUT2D eigenvalue weighted by Gasteiger charge is 2.39. The van der Waals surface area contributed by atoms with E-state index in [1.807, 2.05) is 18.2 Å². The maximum atomic E-state index is 13.1. The number of anilines is 1. The SMILES string of the molecule is CC(=O)c1ccc2c(c1)oc(=O)n2C[C@H]1C[C@@H]1CN1CCN(c2ccc(F)cc2)CC1.Cl.Cl. The summed E-state index contributed by atoms with van der Waals surface area (Å²) in [7, 11) is 0. The molecular weight excluding hydrogens is 468 g/mol. The second-order valence-electron chi connectivity index (χ2n) is 8.74. The van der Waals surface area contributed by atoms with E-state index in [9.17, 15) is 14.0 Å². The Hall–Kier alpha value is -2.35. The van der Waals surface area contributed by atoms with Gasteiger partial charge in [-0.15, -0.1) is 24.8 Å². The van der Waals surface area contributed by atoms with Gasteiger partial charge in [-0.2, -0.15) is 0 Å². The van der Waals surface area contributed by atoms with Crippen LogP contribution in [0.4, 0.5) is 10.1 Å². The predicted octanol–water partition coefficient (Wildman–Crippen LogP) is 4.24. The van der Waals surface area contributed by atoms with Crippen molar-refractivity contribution in [2.45, 2.75) is 19.9 Å². The number of carbonyl (C=O) groups excluding carboxylic acids is 1. The molecule has 0 spiro atoms. The van der Waals surface area contributed by atoms with E-state index < -0.39 is 0 Å². The lowest BCUT2D eigenvalue weighted by Crippen LogP contribution is -2.47. The van der Waals surface area contributed by atoms with Crippen molar-refractivity contribution in [1.29, 1.82) is 0 Å². The first-order valence-electron chi connectivity index (χ1n) is 10.8. The summed E-state index contributed by atoms with van der Waals surface area (Å²) in [4.78, 5) is 28.7. The number of ketones is 1. The van der Waals surface area contributed by atoms with E-state index in [4.69, 9.17) is 4.42 Å². The van der Waals surface area contributed by atoms with Crippen LogP contribution in [0.1, 0.15) is 23.7 Å². The molecule has 0 unspecified atom stereocenters. The minimum atomic E-state index is -0.353. The molecule has 2 fully saturated rings. The van der Waals surface area contributed by atoms with Gasteiger partial charge in [0.05, 0.1) is 5.52 Å². The molecule has 9 heteroatoms. The Kier molecular flexibility index (Phi) is 7.88. The normalized spacial score (nSPS) is 20.2. The van der Waals surface area contributed by atoms with Crippen molar-refractivity contribution in [3.8, 4) is 0 Å². The Morgan fingerprint density at radius 2 is 1.67 bits per heavy atom. The fourth-order valence-electron chi connectivity index (χ4n) is 4.62. The number of aromatic nitrogens is 1. The minimum absolute atomic E-state index is 0. The maximum absolute atomic E-state index is 13.1. The Morgan fingerprint density at radius 3 is 2.33 bits per heavy atom. The highest BCUT2D eigenvalue weighted by Crippen LogP contribution is 2.41. The van der Waals surface area contributed by atoms with Gasteiger partial charge in [-0.3, -0.25) is 14.3 Å². The number of carbonyl (C=O) groups is 1. The van der Waals surface area contributed by atoms with Crippen LogP contribution in [0.25, 0.3) is 11.1 Å². The van der Waals surface area contributed by atoms with E-state index in [2.05, 4.69) is 9.80 Å². The molecule has 178 valence electrons. The van der Waals surface area contributed by atoms with E-state index >= 15 is 0 Å². The number of hydrogen-bond donors (Lipinski definition) is 0. The zero-order valence-electron chi connectivity index (χ0n) is 18.4. The topological polar surface area (TPSA) is 58.7 Å². The van der Waals surface area contributed by atoms with Crippen LogP contribution >= 0.6 is 24.8 Å². The first-order valence-corrected chi connectivity index (χ1v) is 10.8. The van der Waals surface area contributed by atoms with E-state index in [0.717, 1.165) is 50.3 Å². The summed E-state index contributed by atoms with van der Waals surface area (Å²) in [6, 6.07) is 11.9. The third-order valence-electron chi connectivity index (χ3n) is 6.62. The molecule has 1 aliphatic carbocycles. The molecule has 0 bridgehead atoms. The number of benzene rings is 2. The maximum Gasteiger partial charge on any atom is 0.419 e. The number of oxazole rings is 1. The van der Waals surface area contributed by atoms with E-state index in [0.29, 0.717) is 29.5 Å². The average Bonchev–Trinajstić information content (AvgIpc) is 3.42. The molecule has 0 radical (unpaired) electrons. The number of fused-ring (bicyclic) bond motifs is 1. The molecule has 2 aliphatic rings. The third-order valence-corrected chi connectivity index (χ3v) is 6.62. The van der Waals surface area contributed by atoms with Gasteiger partial charge in [0.15, 0.2) is 11.4 Å². The molecule has 1 saturated carbocycles. The minimum Gasteiger partial charge on any atom is -0.408 e. The first kappa shape index (κ1) is 25.3. The largest absolute Gasteiger partial charge is 0.419 e. The number of Topliss-reactive ketones (excluding diaryl/α,β-unsaturated/α-hetero) is 1. The van der Waals surface area contributed by atoms with Crippen molar-refractivity contribution in [2.24, 2.45) is 11.8 Å². The molecule has 5 rings (SSSR count). The average molecular weight is 496 g/mol. The summed E-state index contributed by atoms with van der Waals surface area (Å²) in [5.74, 6) is 0.464. The number of piperazine rings is 1. The van der Waals surface area contributed by atoms with Crippen LogP contribution in [0.15, 0.2) is 51.7 Å². The monoisotopic (exact) mass is 495 g/mol. The molecule has 1 aromatic heterocycles. The fraction of sp³-hybridized carbons (Fsp3) is 0.417. The predicted molar refractivity (Wildman–Crippen MR) is 132 cm³/mol. The van der Waals surface area contributed by atoms with Crippen molar-refractivity contribution in [2.75, 3.05) is 37.6 Å². The molecule has 0 amide bonds. The fourth-order valence-corrected chi connectivity index (χ4v) is 4.62. The highest BCUT2D eigenvalue weighted by molar-refractivity contribution is 5.96. The van der Waals surface area contributed by atoms with Gasteiger partial charge in [0.2, 0.25) is 0 Å². The molecule has 33 heavy (non-hydrogen) atoms. The van der Waals surface area contributed by atoms with Crippen LogP contribution in [-0.2, 0) is 6.54 Å². The lowest BCUT2D eigenvalue weighted by Gasteiger charge is -2.36. The van der Waals surface area contributed by atoms with Crippen LogP contribution in [0.3, 0.4) is 0 Å². The standard InChI is InChI=1S/C24H26FN3O3.2ClH/c1-16(29)17-2-7-22-23(13-17)31-24(30)28(22)15-19-12-18(19)14-26-8-10-27(11-9-26)21-5-3-20(25)4-6-21;;/h2-7,13,18-19H,8-12,14-15H2,1H3;2*1H/t18-,19-;;/m1../s1. The molecule has 2 atom stereocenters. The summed E-state index contributed by atoms with van der Waals surface area (Å²) in [5, 5.41) is 0. The van der Waals surface area contributed by atoms with Crippen LogP contribution in [-0.4, -0.2) is 48.0 Å². The van der Waals surface area contributed by atoms with Gasteiger partial charge in [0.1, 0.15) is 5.82 Å². The summed E-state index contributed by atoms with van der Waals surface area (Å²) >= 11 is 0. The van der Waals surface area contributed by atoms with Crippen molar-refractivity contribution in [3.63, 3.8) is 0 Å². The van der Waals surface area contributed by atoms with Crippen molar-refractivity contribution < 1.29 is 13.6 Å². The second kappa shape index (κ2) is 10.3. The summed E-state index contributed by atoms with van der Waals surface area (Å²) in [6.45, 7) is 7.06. The summed E-state index contributed by atoms with van der Waals surface area (Å²) < 4.78 is 20.2. The number of halogens is 3. The second-order valence-corrected chi connectivity index (χ2v) is 8.74. The van der Waals surface area contributed by atoms with Crippen LogP contribution in [0, 0.1) is 17.7 Å². The summed E-state index contributed by atoms with van der Waals surface area (Å²) in [5.41, 5.74) is 2.86. The van der Waals surface area contributed by atoms with Crippen molar-refractivity contribution in [3.05, 3.63) is 64.4 Å².